The van der Waals surface area contributed by atoms with Gasteiger partial charge in [0.2, 0.25) is 0 Å². The molecule has 4 N–H and O–H groups in total. The molecule has 0 amide bonds. The number of hydrogen-bond donors (Lipinski definition) is 6. The third-order valence-electron chi connectivity index (χ3n) is 10.0. The predicted molar refractivity (Wildman–Crippen MR) is 198 cm³/mol. The van der Waals surface area contributed by atoms with Crippen LogP contribution in [0.15, 0.2) is 82.6 Å². The van der Waals surface area contributed by atoms with Crippen molar-refractivity contribution in [2.75, 3.05) is 0 Å². The van der Waals surface area contributed by atoms with E-state index >= 15 is 0 Å². The number of ketones is 1. The van der Waals surface area contributed by atoms with Gasteiger partial charge in [0.1, 0.15) is 23.0 Å². The molecule has 2 atom stereocenters. The SMILES string of the molecule is CC(=O)c1cc(C(C)(c2cc(C)c(O)c(C)c2)c2ccc(O)c(S)c2)cc(C(C)(c2cc(C)c(O)c(C)c2)c2cc(C)c(O)c(S)c2)c1. The lowest BCUT2D eigenvalue weighted by Crippen LogP contribution is -2.30. The standard InChI is InChI=1S/C41H42O5S2/c1-21-11-29(12-22(2)37(21)44)40(7,28-9-10-34(43)35(47)19-28)32-16-27(26(6)42)17-33(18-32)41(8,30-13-23(3)38(45)24(4)14-30)31-15-25(5)39(46)36(48)20-31/h9-20,43-48H,1-8H3. The fourth-order valence-electron chi connectivity index (χ4n) is 6.78. The number of aryl methyl sites for hydroxylation is 5. The van der Waals surface area contributed by atoms with Crippen molar-refractivity contribution in [3.63, 3.8) is 0 Å². The largest absolute Gasteiger partial charge is 0.507 e. The van der Waals surface area contributed by atoms with Crippen molar-refractivity contribution in [2.24, 2.45) is 0 Å². The Balaban J connectivity index is 1.95. The van der Waals surface area contributed by atoms with Crippen molar-refractivity contribution < 1.29 is 25.2 Å². The number of aromatic hydroxyl groups is 4. The lowest BCUT2D eigenvalue weighted by molar-refractivity contribution is 0.101. The minimum atomic E-state index is -0.884. The van der Waals surface area contributed by atoms with Crippen molar-refractivity contribution in [1.29, 1.82) is 0 Å². The van der Waals surface area contributed by atoms with Gasteiger partial charge in [-0.05, 0) is 147 Å². The Kier molecular flexibility index (Phi) is 9.19. The predicted octanol–water partition coefficient (Wildman–Crippen LogP) is 9.54. The van der Waals surface area contributed by atoms with Gasteiger partial charge in [0.25, 0.3) is 0 Å². The third-order valence-corrected chi connectivity index (χ3v) is 10.7. The zero-order valence-corrected chi connectivity index (χ0v) is 30.3. The van der Waals surface area contributed by atoms with E-state index in [9.17, 15) is 25.2 Å². The molecule has 5 aromatic rings. The van der Waals surface area contributed by atoms with Crippen LogP contribution >= 0.6 is 25.3 Å². The zero-order valence-electron chi connectivity index (χ0n) is 28.5. The van der Waals surface area contributed by atoms with Gasteiger partial charge in [0.05, 0.1) is 0 Å². The first-order chi connectivity index (χ1) is 22.4. The number of carbonyl (C=O) groups excluding carboxylic acids is 1. The lowest BCUT2D eigenvalue weighted by Gasteiger charge is -2.37. The fourth-order valence-corrected chi connectivity index (χ4v) is 7.31. The molecule has 0 spiro atoms. The molecule has 5 rings (SSSR count). The molecule has 2 unspecified atom stereocenters. The molecule has 0 aliphatic carbocycles. The molecule has 0 aromatic heterocycles. The molecule has 0 radical (unpaired) electrons. The van der Waals surface area contributed by atoms with Gasteiger partial charge in [-0.15, -0.1) is 25.3 Å². The van der Waals surface area contributed by atoms with E-state index in [2.05, 4.69) is 45.2 Å². The molecule has 0 saturated heterocycles. The maximum absolute atomic E-state index is 13.4. The van der Waals surface area contributed by atoms with Crippen LogP contribution in [0.5, 0.6) is 23.0 Å². The van der Waals surface area contributed by atoms with Gasteiger partial charge in [-0.1, -0.05) is 42.5 Å². The Morgan fingerprint density at radius 3 is 1.25 bits per heavy atom. The molecule has 5 aromatic carbocycles. The fraction of sp³-hybridized carbons (Fsp3) is 0.244. The summed E-state index contributed by atoms with van der Waals surface area (Å²) in [6.45, 7) is 15.0. The number of rotatable bonds is 7. The smallest absolute Gasteiger partial charge is 0.159 e. The quantitative estimate of drug-likeness (QED) is 0.0586. The van der Waals surface area contributed by atoms with Crippen molar-refractivity contribution in [1.82, 2.24) is 0 Å². The highest BCUT2D eigenvalue weighted by Crippen LogP contribution is 2.48. The minimum absolute atomic E-state index is 0.0524. The molecule has 0 aliphatic rings. The van der Waals surface area contributed by atoms with Crippen LogP contribution in [0, 0.1) is 34.6 Å². The van der Waals surface area contributed by atoms with E-state index in [1.54, 1.807) is 13.0 Å². The van der Waals surface area contributed by atoms with Crippen LogP contribution in [-0.2, 0) is 10.8 Å². The number of benzene rings is 5. The van der Waals surface area contributed by atoms with E-state index < -0.39 is 10.8 Å². The van der Waals surface area contributed by atoms with Crippen molar-refractivity contribution in [3.05, 3.63) is 140 Å². The number of thiol groups is 2. The summed E-state index contributed by atoms with van der Waals surface area (Å²) in [5.41, 5.74) is 7.33. The Morgan fingerprint density at radius 2 is 0.854 bits per heavy atom. The molecule has 0 heterocycles. The lowest BCUT2D eigenvalue weighted by atomic mass is 9.66. The average Bonchev–Trinajstić information content (AvgIpc) is 3.04. The number of Topliss-reactive ketones (excluding diaryl/α,β-unsaturated/α-hetero) is 1. The Bertz CT molecular complexity index is 1990. The van der Waals surface area contributed by atoms with E-state index in [-0.39, 0.29) is 28.8 Å². The summed E-state index contributed by atoms with van der Waals surface area (Å²) in [7, 11) is 0. The molecule has 0 aliphatic heterocycles. The summed E-state index contributed by atoms with van der Waals surface area (Å²) < 4.78 is 0. The van der Waals surface area contributed by atoms with Crippen LogP contribution < -0.4 is 0 Å². The summed E-state index contributed by atoms with van der Waals surface area (Å²) in [5, 5.41) is 42.6. The highest BCUT2D eigenvalue weighted by molar-refractivity contribution is 7.80. The van der Waals surface area contributed by atoms with Crippen LogP contribution in [0.1, 0.15) is 92.3 Å². The van der Waals surface area contributed by atoms with Gasteiger partial charge in [-0.2, -0.15) is 0 Å². The van der Waals surface area contributed by atoms with Gasteiger partial charge in [-0.3, -0.25) is 4.79 Å². The van der Waals surface area contributed by atoms with E-state index in [4.69, 9.17) is 0 Å². The van der Waals surface area contributed by atoms with Gasteiger partial charge in [0.15, 0.2) is 5.78 Å². The summed E-state index contributed by atoms with van der Waals surface area (Å²) in [5.74, 6) is 0.474. The second-order valence-corrected chi connectivity index (χ2v) is 14.4. The van der Waals surface area contributed by atoms with Crippen molar-refractivity contribution >= 4 is 31.0 Å². The second-order valence-electron chi connectivity index (χ2n) is 13.4. The first-order valence-electron chi connectivity index (χ1n) is 15.7. The molecule has 0 fully saturated rings. The van der Waals surface area contributed by atoms with Gasteiger partial charge in [0, 0.05) is 26.2 Å². The van der Waals surface area contributed by atoms with E-state index in [1.165, 1.54) is 0 Å². The number of carbonyl (C=O) groups is 1. The van der Waals surface area contributed by atoms with Crippen LogP contribution in [0.3, 0.4) is 0 Å². The number of hydrogen-bond acceptors (Lipinski definition) is 7. The van der Waals surface area contributed by atoms with Gasteiger partial charge >= 0.3 is 0 Å². The molecule has 0 saturated carbocycles. The third kappa shape index (κ3) is 5.84. The van der Waals surface area contributed by atoms with Crippen LogP contribution in [0.25, 0.3) is 0 Å². The summed E-state index contributed by atoms with van der Waals surface area (Å²) in [6, 6.07) is 22.8. The van der Waals surface area contributed by atoms with E-state index in [0.29, 0.717) is 43.2 Å². The van der Waals surface area contributed by atoms with Crippen LogP contribution in [-0.4, -0.2) is 26.2 Å². The number of phenols is 4. The number of phenolic OH excluding ortho intramolecular Hbond substituents is 4. The monoisotopic (exact) mass is 678 g/mol. The topological polar surface area (TPSA) is 98.0 Å². The Morgan fingerprint density at radius 1 is 0.500 bits per heavy atom. The summed E-state index contributed by atoms with van der Waals surface area (Å²) in [4.78, 5) is 14.2. The first-order valence-corrected chi connectivity index (χ1v) is 16.6. The van der Waals surface area contributed by atoms with Crippen molar-refractivity contribution in [2.45, 2.75) is 76.0 Å². The average molecular weight is 679 g/mol. The highest BCUT2D eigenvalue weighted by Gasteiger charge is 2.38. The van der Waals surface area contributed by atoms with Crippen molar-refractivity contribution in [3.8, 4) is 23.0 Å². The van der Waals surface area contributed by atoms with E-state index in [0.717, 1.165) is 33.4 Å². The molecular weight excluding hydrogens is 637 g/mol. The first kappa shape index (κ1) is 35.0. The van der Waals surface area contributed by atoms with Gasteiger partial charge < -0.3 is 20.4 Å². The second kappa shape index (κ2) is 12.6. The zero-order chi connectivity index (χ0) is 35.5. The van der Waals surface area contributed by atoms with Crippen LogP contribution in [0.2, 0.25) is 0 Å². The molecule has 0 bridgehead atoms. The normalized spacial score (nSPS) is 14.0. The summed E-state index contributed by atoms with van der Waals surface area (Å²) >= 11 is 9.18. The van der Waals surface area contributed by atoms with E-state index in [1.807, 2.05) is 95.3 Å². The van der Waals surface area contributed by atoms with Crippen LogP contribution in [0.4, 0.5) is 0 Å². The molecular formula is C41H42O5S2. The Hall–Kier alpha value is -4.33. The molecule has 7 heteroatoms. The molecule has 248 valence electrons. The minimum Gasteiger partial charge on any atom is -0.507 e. The molecule has 48 heavy (non-hydrogen) atoms. The maximum Gasteiger partial charge on any atom is 0.159 e. The Labute approximate surface area is 293 Å². The highest BCUT2D eigenvalue weighted by atomic mass is 32.1. The molecule has 5 nitrogen and oxygen atoms in total. The maximum atomic E-state index is 13.4. The summed E-state index contributed by atoms with van der Waals surface area (Å²) in [6.07, 6.45) is 0. The van der Waals surface area contributed by atoms with Gasteiger partial charge in [-0.25, -0.2) is 0 Å².